The predicted octanol–water partition coefficient (Wildman–Crippen LogP) is 1.50. The zero-order valence-corrected chi connectivity index (χ0v) is 12.0. The van der Waals surface area contributed by atoms with Gasteiger partial charge in [0.25, 0.3) is 0 Å². The van der Waals surface area contributed by atoms with Gasteiger partial charge < -0.3 is 10.2 Å². The Labute approximate surface area is 119 Å². The summed E-state index contributed by atoms with van der Waals surface area (Å²) in [6.45, 7) is 4.41. The van der Waals surface area contributed by atoms with E-state index in [-0.39, 0.29) is 11.5 Å². The molecule has 5 rings (SSSR count). The zero-order chi connectivity index (χ0) is 14.1. The summed E-state index contributed by atoms with van der Waals surface area (Å²) in [5, 5.41) is 20.1. The molecule has 4 heteroatoms. The number of piperidine rings is 2. The summed E-state index contributed by atoms with van der Waals surface area (Å²) in [6, 6.07) is 0. The molecular formula is C16H23NO3. The number of hydrogen-bond donors (Lipinski definition) is 2. The van der Waals surface area contributed by atoms with Crippen LogP contribution in [0.2, 0.25) is 0 Å². The Bertz CT molecular complexity index is 488. The summed E-state index contributed by atoms with van der Waals surface area (Å²) >= 11 is 0. The number of hydrogen-bond acceptors (Lipinski definition) is 3. The van der Waals surface area contributed by atoms with Crippen LogP contribution in [0.25, 0.3) is 0 Å². The molecule has 3 aliphatic heterocycles. The molecule has 2 saturated heterocycles. The molecule has 6 atom stereocenters. The van der Waals surface area contributed by atoms with Crippen molar-refractivity contribution in [3.8, 4) is 0 Å². The third-order valence-electron chi connectivity index (χ3n) is 6.42. The van der Waals surface area contributed by atoms with Crippen LogP contribution in [0.5, 0.6) is 0 Å². The van der Waals surface area contributed by atoms with Crippen molar-refractivity contribution in [2.75, 3.05) is 13.1 Å². The first-order valence-corrected chi connectivity index (χ1v) is 7.92. The van der Waals surface area contributed by atoms with Gasteiger partial charge in [-0.25, -0.2) is 0 Å². The smallest absolute Gasteiger partial charge is 0.310 e. The number of rotatable bonds is 1. The summed E-state index contributed by atoms with van der Waals surface area (Å²) in [6.07, 6.45) is 5.43. The lowest BCUT2D eigenvalue weighted by molar-refractivity contribution is -0.154. The summed E-state index contributed by atoms with van der Waals surface area (Å²) in [5.74, 6) is 0.117. The highest BCUT2D eigenvalue weighted by Gasteiger charge is 2.62. The van der Waals surface area contributed by atoms with E-state index in [0.717, 1.165) is 37.9 Å². The van der Waals surface area contributed by atoms with Gasteiger partial charge in [-0.15, -0.1) is 0 Å². The van der Waals surface area contributed by atoms with E-state index in [1.807, 2.05) is 0 Å². The highest BCUT2D eigenvalue weighted by Crippen LogP contribution is 2.58. The molecule has 0 radical (unpaired) electrons. The lowest BCUT2D eigenvalue weighted by Crippen LogP contribution is -2.71. The molecule has 0 unspecified atom stereocenters. The standard InChI is InChI=1S/C16H23NO3/c1-9-7-16-12-3-2-4-17(16)8-10(9)5-13(16)11(15(19)20)6-14(12)18/h5,9-12,14,18H,2-4,6-8H2,1H3,(H,19,20)/t9-,10+,11+,12-,14-,16+/m1/s1. The number of fused-ring (bicyclic) bond motifs is 1. The normalized spacial score (nSPS) is 50.5. The molecule has 0 aromatic rings. The number of carboxylic acid groups (broad SMARTS) is 1. The minimum Gasteiger partial charge on any atom is -0.481 e. The van der Waals surface area contributed by atoms with Gasteiger partial charge in [-0.3, -0.25) is 9.69 Å². The van der Waals surface area contributed by atoms with Gasteiger partial charge in [-0.1, -0.05) is 13.0 Å². The van der Waals surface area contributed by atoms with Gasteiger partial charge in [0.15, 0.2) is 0 Å². The van der Waals surface area contributed by atoms with E-state index in [4.69, 9.17) is 0 Å². The Balaban J connectivity index is 1.88. The van der Waals surface area contributed by atoms with Crippen molar-refractivity contribution in [2.24, 2.45) is 23.7 Å². The van der Waals surface area contributed by atoms with Gasteiger partial charge in [-0.05, 0) is 49.6 Å². The molecule has 1 saturated carbocycles. The maximum absolute atomic E-state index is 11.7. The van der Waals surface area contributed by atoms with Gasteiger partial charge in [-0.2, -0.15) is 0 Å². The largest absolute Gasteiger partial charge is 0.481 e. The Morgan fingerprint density at radius 2 is 2.30 bits per heavy atom. The van der Waals surface area contributed by atoms with Crippen molar-refractivity contribution >= 4 is 5.97 Å². The van der Waals surface area contributed by atoms with Crippen LogP contribution in [0, 0.1) is 23.7 Å². The Hall–Kier alpha value is -0.870. The first kappa shape index (κ1) is 12.8. The molecule has 4 nitrogen and oxygen atoms in total. The van der Waals surface area contributed by atoms with E-state index in [0.29, 0.717) is 18.3 Å². The number of aliphatic hydroxyl groups is 1. The summed E-state index contributed by atoms with van der Waals surface area (Å²) in [5.41, 5.74) is 0.988. The van der Waals surface area contributed by atoms with E-state index in [2.05, 4.69) is 17.9 Å². The van der Waals surface area contributed by atoms with Gasteiger partial charge in [0.05, 0.1) is 12.0 Å². The number of aliphatic hydroxyl groups excluding tert-OH is 1. The van der Waals surface area contributed by atoms with Crippen LogP contribution in [0.3, 0.4) is 0 Å². The Morgan fingerprint density at radius 1 is 1.50 bits per heavy atom. The first-order chi connectivity index (χ1) is 9.54. The number of carbonyl (C=O) groups is 1. The average molecular weight is 277 g/mol. The molecular weight excluding hydrogens is 254 g/mol. The van der Waals surface area contributed by atoms with Gasteiger partial charge in [0, 0.05) is 18.0 Å². The van der Waals surface area contributed by atoms with Crippen LogP contribution < -0.4 is 0 Å². The SMILES string of the molecule is C[C@@H]1C[C@]23C4=C[C@H]1CN2CCC[C@@H]3[C@H](O)C[C@@H]4C(=O)O. The summed E-state index contributed by atoms with van der Waals surface area (Å²) in [7, 11) is 0. The van der Waals surface area contributed by atoms with Gasteiger partial charge in [0.1, 0.15) is 0 Å². The second kappa shape index (κ2) is 4.08. The average Bonchev–Trinajstić information content (AvgIpc) is 2.41. The van der Waals surface area contributed by atoms with E-state index >= 15 is 0 Å². The fourth-order valence-electron chi connectivity index (χ4n) is 5.59. The van der Waals surface area contributed by atoms with Crippen LogP contribution in [-0.2, 0) is 4.79 Å². The van der Waals surface area contributed by atoms with Crippen molar-refractivity contribution in [2.45, 2.75) is 44.2 Å². The fraction of sp³-hybridized carbons (Fsp3) is 0.812. The molecule has 2 aliphatic carbocycles. The second-order valence-corrected chi connectivity index (χ2v) is 7.28. The minimum absolute atomic E-state index is 0.146. The molecule has 3 heterocycles. The van der Waals surface area contributed by atoms with Crippen molar-refractivity contribution in [1.29, 1.82) is 0 Å². The monoisotopic (exact) mass is 277 g/mol. The van der Waals surface area contributed by atoms with E-state index in [9.17, 15) is 15.0 Å². The van der Waals surface area contributed by atoms with Crippen LogP contribution in [0.4, 0.5) is 0 Å². The van der Waals surface area contributed by atoms with E-state index in [1.54, 1.807) is 0 Å². The van der Waals surface area contributed by atoms with Crippen LogP contribution in [0.1, 0.15) is 32.6 Å². The lowest BCUT2D eigenvalue weighted by atomic mass is 9.51. The molecule has 20 heavy (non-hydrogen) atoms. The highest BCUT2D eigenvalue weighted by molar-refractivity contribution is 5.75. The lowest BCUT2D eigenvalue weighted by Gasteiger charge is -2.65. The molecule has 0 amide bonds. The van der Waals surface area contributed by atoms with Crippen LogP contribution >= 0.6 is 0 Å². The quantitative estimate of drug-likeness (QED) is 0.713. The van der Waals surface area contributed by atoms with Crippen LogP contribution in [0.15, 0.2) is 11.6 Å². The molecule has 3 fully saturated rings. The Morgan fingerprint density at radius 3 is 3.05 bits per heavy atom. The van der Waals surface area contributed by atoms with Crippen molar-refractivity contribution in [3.63, 3.8) is 0 Å². The summed E-state index contributed by atoms with van der Waals surface area (Å²) < 4.78 is 0. The number of aliphatic carboxylic acids is 1. The molecule has 0 aromatic carbocycles. The third kappa shape index (κ3) is 1.41. The summed E-state index contributed by atoms with van der Waals surface area (Å²) in [4.78, 5) is 14.2. The minimum atomic E-state index is -0.756. The maximum atomic E-state index is 11.7. The third-order valence-corrected chi connectivity index (χ3v) is 6.42. The molecule has 2 bridgehead atoms. The van der Waals surface area contributed by atoms with Gasteiger partial charge in [0.2, 0.25) is 0 Å². The van der Waals surface area contributed by atoms with Crippen molar-refractivity contribution < 1.29 is 15.0 Å². The first-order valence-electron chi connectivity index (χ1n) is 7.92. The van der Waals surface area contributed by atoms with Crippen LogP contribution in [-0.4, -0.2) is 45.8 Å². The van der Waals surface area contributed by atoms with E-state index in [1.165, 1.54) is 0 Å². The molecule has 0 aromatic heterocycles. The zero-order valence-electron chi connectivity index (χ0n) is 12.0. The maximum Gasteiger partial charge on any atom is 0.310 e. The number of carboxylic acids is 1. The predicted molar refractivity (Wildman–Crippen MR) is 74.1 cm³/mol. The Kier molecular flexibility index (Phi) is 2.62. The number of nitrogens with zero attached hydrogens (tertiary/aromatic N) is 1. The van der Waals surface area contributed by atoms with Gasteiger partial charge >= 0.3 is 5.97 Å². The highest BCUT2D eigenvalue weighted by atomic mass is 16.4. The second-order valence-electron chi connectivity index (χ2n) is 7.28. The molecule has 1 spiro atoms. The topological polar surface area (TPSA) is 60.8 Å². The fourth-order valence-corrected chi connectivity index (χ4v) is 5.59. The molecule has 110 valence electrons. The van der Waals surface area contributed by atoms with Crippen molar-refractivity contribution in [1.82, 2.24) is 4.90 Å². The molecule has 5 aliphatic rings. The van der Waals surface area contributed by atoms with E-state index < -0.39 is 18.0 Å². The van der Waals surface area contributed by atoms with Crippen molar-refractivity contribution in [3.05, 3.63) is 11.6 Å². The molecule has 2 N–H and O–H groups in total.